The van der Waals surface area contributed by atoms with E-state index in [2.05, 4.69) is 41.9 Å². The number of nitrogens with one attached hydrogen (secondary N) is 1. The third-order valence-electron chi connectivity index (χ3n) is 2.78. The first kappa shape index (κ1) is 10.7. The normalized spacial score (nSPS) is 17.1. The lowest BCUT2D eigenvalue weighted by molar-refractivity contribution is 0.341. The highest BCUT2D eigenvalue weighted by Crippen LogP contribution is 2.41. The van der Waals surface area contributed by atoms with Gasteiger partial charge in [-0.2, -0.15) is 5.10 Å². The van der Waals surface area contributed by atoms with Crippen LogP contribution in [-0.2, 0) is 12.1 Å². The molecule has 1 aromatic heterocycles. The lowest BCUT2D eigenvalue weighted by Gasteiger charge is -2.22. The summed E-state index contributed by atoms with van der Waals surface area (Å²) >= 11 is 0. The third-order valence-corrected chi connectivity index (χ3v) is 2.78. The molecule has 0 saturated heterocycles. The van der Waals surface area contributed by atoms with Gasteiger partial charge in [-0.1, -0.05) is 0 Å². The zero-order valence-electron chi connectivity index (χ0n) is 10.2. The van der Waals surface area contributed by atoms with Crippen LogP contribution in [0.2, 0.25) is 0 Å². The van der Waals surface area contributed by atoms with Crippen molar-refractivity contribution in [2.75, 3.05) is 7.05 Å². The first-order valence-corrected chi connectivity index (χ1v) is 5.76. The quantitative estimate of drug-likeness (QED) is 0.823. The zero-order chi connectivity index (χ0) is 11.1. The minimum absolute atomic E-state index is 0.101. The van der Waals surface area contributed by atoms with E-state index in [1.807, 2.05) is 7.05 Å². The highest BCUT2D eigenvalue weighted by Gasteiger charge is 2.31. The minimum Gasteiger partial charge on any atom is -0.314 e. The van der Waals surface area contributed by atoms with Crippen LogP contribution in [0.3, 0.4) is 0 Å². The maximum absolute atomic E-state index is 4.69. The molecule has 0 atom stereocenters. The van der Waals surface area contributed by atoms with E-state index < -0.39 is 0 Å². The van der Waals surface area contributed by atoms with Crippen molar-refractivity contribution in [1.29, 1.82) is 0 Å². The summed E-state index contributed by atoms with van der Waals surface area (Å²) in [5.41, 5.74) is 2.69. The standard InChI is InChI=1S/C12H21N3/c1-12(2,3)15-11(9-5-6-9)7-10(14-15)8-13-4/h7,9,13H,5-6,8H2,1-4H3. The molecule has 0 amide bonds. The molecular formula is C12H21N3. The first-order valence-electron chi connectivity index (χ1n) is 5.76. The SMILES string of the molecule is CNCc1cc(C2CC2)n(C(C)(C)C)n1. The average molecular weight is 207 g/mol. The number of aromatic nitrogens is 2. The summed E-state index contributed by atoms with van der Waals surface area (Å²) in [7, 11) is 1.97. The summed E-state index contributed by atoms with van der Waals surface area (Å²) in [4.78, 5) is 0. The molecule has 0 aliphatic heterocycles. The van der Waals surface area contributed by atoms with E-state index in [4.69, 9.17) is 0 Å². The van der Waals surface area contributed by atoms with Gasteiger partial charge in [0.1, 0.15) is 0 Å². The highest BCUT2D eigenvalue weighted by molar-refractivity contribution is 5.20. The lowest BCUT2D eigenvalue weighted by Crippen LogP contribution is -2.25. The molecule has 84 valence electrons. The van der Waals surface area contributed by atoms with Crippen molar-refractivity contribution in [1.82, 2.24) is 15.1 Å². The van der Waals surface area contributed by atoms with Gasteiger partial charge in [0.2, 0.25) is 0 Å². The van der Waals surface area contributed by atoms with Gasteiger partial charge in [-0.15, -0.1) is 0 Å². The molecule has 0 radical (unpaired) electrons. The van der Waals surface area contributed by atoms with Gasteiger partial charge in [-0.25, -0.2) is 0 Å². The lowest BCUT2D eigenvalue weighted by atomic mass is 10.1. The van der Waals surface area contributed by atoms with Crippen molar-refractivity contribution in [3.63, 3.8) is 0 Å². The Morgan fingerprint density at radius 2 is 2.13 bits per heavy atom. The molecule has 2 rings (SSSR count). The second kappa shape index (κ2) is 3.63. The second-order valence-corrected chi connectivity index (χ2v) is 5.45. The number of hydrogen-bond donors (Lipinski definition) is 1. The van der Waals surface area contributed by atoms with Crippen LogP contribution in [0.1, 0.15) is 50.9 Å². The van der Waals surface area contributed by atoms with Crippen LogP contribution in [0.25, 0.3) is 0 Å². The summed E-state index contributed by atoms with van der Waals surface area (Å²) < 4.78 is 2.21. The zero-order valence-corrected chi connectivity index (χ0v) is 10.2. The molecule has 3 nitrogen and oxygen atoms in total. The van der Waals surface area contributed by atoms with Gasteiger partial charge < -0.3 is 5.32 Å². The van der Waals surface area contributed by atoms with Crippen molar-refractivity contribution < 1.29 is 0 Å². The topological polar surface area (TPSA) is 29.9 Å². The summed E-state index contributed by atoms with van der Waals surface area (Å²) in [6, 6.07) is 2.26. The fourth-order valence-corrected chi connectivity index (χ4v) is 1.92. The Bertz CT molecular complexity index is 342. The van der Waals surface area contributed by atoms with E-state index in [9.17, 15) is 0 Å². The number of hydrogen-bond acceptors (Lipinski definition) is 2. The summed E-state index contributed by atoms with van der Waals surface area (Å²) in [5, 5.41) is 7.85. The van der Waals surface area contributed by atoms with Crippen LogP contribution in [0.4, 0.5) is 0 Å². The van der Waals surface area contributed by atoms with Gasteiger partial charge in [0.15, 0.2) is 0 Å². The Labute approximate surface area is 91.9 Å². The molecule has 1 fully saturated rings. The Hall–Kier alpha value is -0.830. The summed E-state index contributed by atoms with van der Waals surface area (Å²) in [5.74, 6) is 0.766. The van der Waals surface area contributed by atoms with Gasteiger partial charge >= 0.3 is 0 Å². The van der Waals surface area contributed by atoms with Crippen LogP contribution in [-0.4, -0.2) is 16.8 Å². The smallest absolute Gasteiger partial charge is 0.0765 e. The van der Waals surface area contributed by atoms with Gasteiger partial charge in [-0.3, -0.25) is 4.68 Å². The van der Waals surface area contributed by atoms with Gasteiger partial charge in [0.05, 0.1) is 11.2 Å². The molecule has 1 saturated carbocycles. The first-order chi connectivity index (χ1) is 7.02. The minimum atomic E-state index is 0.101. The maximum atomic E-state index is 4.69. The molecule has 0 bridgehead atoms. The van der Waals surface area contributed by atoms with Crippen LogP contribution in [0, 0.1) is 0 Å². The molecule has 0 spiro atoms. The monoisotopic (exact) mass is 207 g/mol. The Morgan fingerprint density at radius 3 is 2.60 bits per heavy atom. The van der Waals surface area contributed by atoms with Crippen LogP contribution < -0.4 is 5.32 Å². The number of nitrogens with zero attached hydrogens (tertiary/aromatic N) is 2. The molecule has 3 heteroatoms. The summed E-state index contributed by atoms with van der Waals surface area (Å²) in [6.07, 6.45) is 2.67. The molecule has 0 aromatic carbocycles. The maximum Gasteiger partial charge on any atom is 0.0765 e. The average Bonchev–Trinajstić information content (AvgIpc) is 2.87. The van der Waals surface area contributed by atoms with E-state index in [0.717, 1.165) is 18.2 Å². The fraction of sp³-hybridized carbons (Fsp3) is 0.750. The molecule has 1 aliphatic rings. The molecule has 1 N–H and O–H groups in total. The van der Waals surface area contributed by atoms with Gasteiger partial charge in [-0.05, 0) is 46.7 Å². The van der Waals surface area contributed by atoms with Crippen molar-refractivity contribution in [3.8, 4) is 0 Å². The van der Waals surface area contributed by atoms with Crippen molar-refractivity contribution in [2.45, 2.75) is 51.6 Å². The van der Waals surface area contributed by atoms with Crippen LogP contribution >= 0.6 is 0 Å². The molecule has 1 aromatic rings. The van der Waals surface area contributed by atoms with Gasteiger partial charge in [0, 0.05) is 18.2 Å². The van der Waals surface area contributed by atoms with Crippen molar-refractivity contribution >= 4 is 0 Å². The fourth-order valence-electron chi connectivity index (χ4n) is 1.92. The van der Waals surface area contributed by atoms with E-state index in [-0.39, 0.29) is 5.54 Å². The van der Waals surface area contributed by atoms with E-state index in [1.165, 1.54) is 18.5 Å². The Balaban J connectivity index is 2.33. The van der Waals surface area contributed by atoms with Crippen LogP contribution in [0.5, 0.6) is 0 Å². The van der Waals surface area contributed by atoms with Crippen molar-refractivity contribution in [3.05, 3.63) is 17.5 Å². The summed E-state index contributed by atoms with van der Waals surface area (Å²) in [6.45, 7) is 7.52. The van der Waals surface area contributed by atoms with Crippen molar-refractivity contribution in [2.24, 2.45) is 0 Å². The molecular weight excluding hydrogens is 186 g/mol. The second-order valence-electron chi connectivity index (χ2n) is 5.45. The third kappa shape index (κ3) is 2.23. The highest BCUT2D eigenvalue weighted by atomic mass is 15.3. The van der Waals surface area contributed by atoms with E-state index >= 15 is 0 Å². The molecule has 0 unspecified atom stereocenters. The molecule has 1 aliphatic carbocycles. The predicted octanol–water partition coefficient (Wildman–Crippen LogP) is 2.23. The largest absolute Gasteiger partial charge is 0.314 e. The van der Waals surface area contributed by atoms with E-state index in [1.54, 1.807) is 0 Å². The predicted molar refractivity (Wildman–Crippen MR) is 62.0 cm³/mol. The number of rotatable bonds is 3. The Morgan fingerprint density at radius 1 is 1.47 bits per heavy atom. The Kier molecular flexibility index (Phi) is 2.59. The van der Waals surface area contributed by atoms with Crippen LogP contribution in [0.15, 0.2) is 6.07 Å². The van der Waals surface area contributed by atoms with E-state index in [0.29, 0.717) is 0 Å². The molecule has 1 heterocycles. The molecule has 15 heavy (non-hydrogen) atoms. The van der Waals surface area contributed by atoms with Gasteiger partial charge in [0.25, 0.3) is 0 Å².